The lowest BCUT2D eigenvalue weighted by molar-refractivity contribution is -0.259. The number of ether oxygens (including phenoxy) is 4. The van der Waals surface area contributed by atoms with Gasteiger partial charge in [-0.1, -0.05) is 27.2 Å². The molecule has 4 nitrogen and oxygen atoms in total. The summed E-state index contributed by atoms with van der Waals surface area (Å²) in [5.41, 5.74) is 0. The normalized spacial score (nSPS) is 41.5. The topological polar surface area (TPSA) is 36.9 Å². The monoisotopic (exact) mass is 272 g/mol. The van der Waals surface area contributed by atoms with Gasteiger partial charge < -0.3 is 18.9 Å². The average molecular weight is 272 g/mol. The van der Waals surface area contributed by atoms with Crippen molar-refractivity contribution in [1.82, 2.24) is 0 Å². The SMILES string of the molecule is CCC[C@H]1O[C@H](OC)[C@H](C(C)C)[C@H]2OC(C)(C)O[C@H]21. The van der Waals surface area contributed by atoms with Gasteiger partial charge >= 0.3 is 0 Å². The molecule has 0 spiro atoms. The molecule has 2 rings (SSSR count). The summed E-state index contributed by atoms with van der Waals surface area (Å²) >= 11 is 0. The Labute approximate surface area is 116 Å². The fourth-order valence-corrected chi connectivity index (χ4v) is 3.32. The van der Waals surface area contributed by atoms with Crippen LogP contribution in [-0.2, 0) is 18.9 Å². The van der Waals surface area contributed by atoms with Crippen molar-refractivity contribution in [3.05, 3.63) is 0 Å². The number of hydrogen-bond donors (Lipinski definition) is 0. The van der Waals surface area contributed by atoms with Gasteiger partial charge in [-0.05, 0) is 26.2 Å². The molecule has 0 aliphatic carbocycles. The van der Waals surface area contributed by atoms with E-state index in [0.717, 1.165) is 12.8 Å². The lowest BCUT2D eigenvalue weighted by atomic mass is 9.82. The second kappa shape index (κ2) is 5.68. The third kappa shape index (κ3) is 2.97. The first-order valence-corrected chi connectivity index (χ1v) is 7.43. The van der Waals surface area contributed by atoms with Crippen molar-refractivity contribution in [1.29, 1.82) is 0 Å². The molecule has 4 heteroatoms. The van der Waals surface area contributed by atoms with E-state index in [-0.39, 0.29) is 30.5 Å². The van der Waals surface area contributed by atoms with E-state index in [4.69, 9.17) is 18.9 Å². The highest BCUT2D eigenvalue weighted by molar-refractivity contribution is 4.97. The Bertz CT molecular complexity index is 303. The van der Waals surface area contributed by atoms with Crippen LogP contribution < -0.4 is 0 Å². The molecule has 0 amide bonds. The maximum absolute atomic E-state index is 6.15. The van der Waals surface area contributed by atoms with Crippen LogP contribution in [-0.4, -0.2) is 37.5 Å². The summed E-state index contributed by atoms with van der Waals surface area (Å²) in [6.07, 6.45) is 2.00. The first-order chi connectivity index (χ1) is 8.89. The Morgan fingerprint density at radius 1 is 1.16 bits per heavy atom. The van der Waals surface area contributed by atoms with Gasteiger partial charge in [0.2, 0.25) is 0 Å². The molecule has 0 radical (unpaired) electrons. The summed E-state index contributed by atoms with van der Waals surface area (Å²) in [5, 5.41) is 0. The van der Waals surface area contributed by atoms with Gasteiger partial charge in [0, 0.05) is 13.0 Å². The Morgan fingerprint density at radius 3 is 2.32 bits per heavy atom. The van der Waals surface area contributed by atoms with Crippen molar-refractivity contribution in [2.75, 3.05) is 7.11 Å². The first kappa shape index (κ1) is 15.2. The smallest absolute Gasteiger partial charge is 0.163 e. The highest BCUT2D eigenvalue weighted by atomic mass is 16.8. The Hall–Kier alpha value is -0.160. The zero-order valence-corrected chi connectivity index (χ0v) is 13.0. The van der Waals surface area contributed by atoms with Crippen molar-refractivity contribution < 1.29 is 18.9 Å². The fraction of sp³-hybridized carbons (Fsp3) is 1.00. The molecule has 2 aliphatic rings. The standard InChI is InChI=1S/C15H28O4/c1-7-8-10-12-13(19-15(4,5)18-12)11(9(2)3)14(16-6)17-10/h9-14H,7-8H2,1-6H3/t10-,11-,12+,13-,14+/m1/s1. The van der Waals surface area contributed by atoms with Gasteiger partial charge in [-0.3, -0.25) is 0 Å². The zero-order chi connectivity index (χ0) is 14.2. The number of fused-ring (bicyclic) bond motifs is 1. The van der Waals surface area contributed by atoms with Crippen molar-refractivity contribution >= 4 is 0 Å². The number of rotatable bonds is 4. The first-order valence-electron chi connectivity index (χ1n) is 7.43. The van der Waals surface area contributed by atoms with Crippen LogP contribution in [0.25, 0.3) is 0 Å². The Kier molecular flexibility index (Phi) is 4.56. The van der Waals surface area contributed by atoms with Crippen LogP contribution in [0.3, 0.4) is 0 Å². The van der Waals surface area contributed by atoms with Gasteiger partial charge in [-0.25, -0.2) is 0 Å². The molecule has 0 saturated carbocycles. The molecule has 2 fully saturated rings. The maximum atomic E-state index is 6.15. The molecule has 0 aromatic heterocycles. The van der Waals surface area contributed by atoms with E-state index in [2.05, 4.69) is 20.8 Å². The van der Waals surface area contributed by atoms with Crippen LogP contribution in [0.5, 0.6) is 0 Å². The van der Waals surface area contributed by atoms with Gasteiger partial charge in [0.1, 0.15) is 6.10 Å². The molecule has 2 heterocycles. The minimum Gasteiger partial charge on any atom is -0.355 e. The minimum atomic E-state index is -0.527. The summed E-state index contributed by atoms with van der Waals surface area (Å²) in [6, 6.07) is 0. The third-order valence-corrected chi connectivity index (χ3v) is 4.11. The van der Waals surface area contributed by atoms with Gasteiger partial charge in [0.15, 0.2) is 12.1 Å². The van der Waals surface area contributed by atoms with E-state index in [9.17, 15) is 0 Å². The molecule has 0 bridgehead atoms. The van der Waals surface area contributed by atoms with Crippen molar-refractivity contribution in [2.24, 2.45) is 11.8 Å². The average Bonchev–Trinajstić information content (AvgIpc) is 2.63. The van der Waals surface area contributed by atoms with Gasteiger partial charge in [0.05, 0.1) is 12.2 Å². The van der Waals surface area contributed by atoms with Gasteiger partial charge in [-0.2, -0.15) is 0 Å². The van der Waals surface area contributed by atoms with Crippen LogP contribution in [0.4, 0.5) is 0 Å². The van der Waals surface area contributed by atoms with Crippen LogP contribution >= 0.6 is 0 Å². The highest BCUT2D eigenvalue weighted by Crippen LogP contribution is 2.43. The van der Waals surface area contributed by atoms with E-state index in [0.29, 0.717) is 5.92 Å². The predicted molar refractivity (Wildman–Crippen MR) is 72.7 cm³/mol. The summed E-state index contributed by atoms with van der Waals surface area (Å²) in [6.45, 7) is 10.5. The summed E-state index contributed by atoms with van der Waals surface area (Å²) in [4.78, 5) is 0. The summed E-state index contributed by atoms with van der Waals surface area (Å²) < 4.78 is 23.9. The van der Waals surface area contributed by atoms with E-state index in [1.165, 1.54) is 0 Å². The van der Waals surface area contributed by atoms with E-state index in [1.54, 1.807) is 7.11 Å². The van der Waals surface area contributed by atoms with Crippen molar-refractivity contribution in [2.45, 2.75) is 77.8 Å². The van der Waals surface area contributed by atoms with Gasteiger partial charge in [-0.15, -0.1) is 0 Å². The maximum Gasteiger partial charge on any atom is 0.163 e. The Balaban J connectivity index is 2.24. The highest BCUT2D eigenvalue weighted by Gasteiger charge is 2.55. The molecule has 5 atom stereocenters. The minimum absolute atomic E-state index is 0.0220. The van der Waals surface area contributed by atoms with Crippen LogP contribution in [0, 0.1) is 11.8 Å². The lowest BCUT2D eigenvalue weighted by Crippen LogP contribution is -2.55. The van der Waals surface area contributed by atoms with Gasteiger partial charge in [0.25, 0.3) is 0 Å². The van der Waals surface area contributed by atoms with E-state index in [1.807, 2.05) is 13.8 Å². The molecule has 19 heavy (non-hydrogen) atoms. The third-order valence-electron chi connectivity index (χ3n) is 4.11. The summed E-state index contributed by atoms with van der Waals surface area (Å²) in [5.74, 6) is 0.114. The number of methoxy groups -OCH3 is 1. The van der Waals surface area contributed by atoms with Crippen LogP contribution in [0.2, 0.25) is 0 Å². The van der Waals surface area contributed by atoms with Crippen LogP contribution in [0.15, 0.2) is 0 Å². The molecule has 2 saturated heterocycles. The Morgan fingerprint density at radius 2 is 1.79 bits per heavy atom. The summed E-state index contributed by atoms with van der Waals surface area (Å²) in [7, 11) is 1.71. The largest absolute Gasteiger partial charge is 0.355 e. The molecular weight excluding hydrogens is 244 g/mol. The van der Waals surface area contributed by atoms with Crippen molar-refractivity contribution in [3.63, 3.8) is 0 Å². The van der Waals surface area contributed by atoms with E-state index < -0.39 is 5.79 Å². The zero-order valence-electron chi connectivity index (χ0n) is 13.0. The number of hydrogen-bond acceptors (Lipinski definition) is 4. The fourth-order valence-electron chi connectivity index (χ4n) is 3.32. The predicted octanol–water partition coefficient (Wildman–Crippen LogP) is 2.95. The van der Waals surface area contributed by atoms with E-state index >= 15 is 0 Å². The molecule has 0 unspecified atom stereocenters. The lowest BCUT2D eigenvalue weighted by Gasteiger charge is -2.43. The molecule has 0 aromatic carbocycles. The molecule has 2 aliphatic heterocycles. The molecule has 0 N–H and O–H groups in total. The molecule has 0 aromatic rings. The molecule has 112 valence electrons. The second-order valence-corrected chi connectivity index (χ2v) is 6.45. The second-order valence-electron chi connectivity index (χ2n) is 6.45. The quantitative estimate of drug-likeness (QED) is 0.788. The van der Waals surface area contributed by atoms with Crippen molar-refractivity contribution in [3.8, 4) is 0 Å². The molecular formula is C15H28O4. The van der Waals surface area contributed by atoms with Crippen LogP contribution in [0.1, 0.15) is 47.5 Å².